The summed E-state index contributed by atoms with van der Waals surface area (Å²) >= 11 is 0. The molecule has 0 N–H and O–H groups in total. The van der Waals surface area contributed by atoms with Crippen molar-refractivity contribution in [3.05, 3.63) is 157 Å². The van der Waals surface area contributed by atoms with E-state index in [1.807, 2.05) is 36.4 Å². The van der Waals surface area contributed by atoms with Gasteiger partial charge >= 0.3 is 0 Å². The molecule has 0 aliphatic heterocycles. The fourth-order valence-corrected chi connectivity index (χ4v) is 7.08. The SMILES string of the molecule is CC1(C)c2ccccc2-c2cc3c(cc21)oc1ccc(-c2cccc(-c4cc(-c5ccccc5)nc(-c5ccccc5)n4)c2)cc13. The van der Waals surface area contributed by atoms with E-state index in [0.29, 0.717) is 5.82 Å². The smallest absolute Gasteiger partial charge is 0.160 e. The lowest BCUT2D eigenvalue weighted by Gasteiger charge is -2.21. The normalized spacial score (nSPS) is 13.2. The van der Waals surface area contributed by atoms with Gasteiger partial charge in [0.1, 0.15) is 11.2 Å². The zero-order valence-electron chi connectivity index (χ0n) is 25.7. The standard InChI is InChI=1S/C43H30N2O/c1-43(2)36-19-10-9-18-32(36)33-24-35-34-23-30(20-21-40(34)46-41(35)25-37(33)43)29-16-11-17-31(22-29)39-26-38(27-12-5-3-6-13-27)44-42(45-39)28-14-7-4-8-15-28/h3-26H,1-2H3. The number of fused-ring (bicyclic) bond motifs is 6. The van der Waals surface area contributed by atoms with E-state index in [4.69, 9.17) is 14.4 Å². The summed E-state index contributed by atoms with van der Waals surface area (Å²) in [6.07, 6.45) is 0. The van der Waals surface area contributed by atoms with Crippen molar-refractivity contribution in [3.8, 4) is 56.2 Å². The maximum Gasteiger partial charge on any atom is 0.160 e. The number of rotatable bonds is 4. The van der Waals surface area contributed by atoms with Crippen molar-refractivity contribution in [1.82, 2.24) is 9.97 Å². The van der Waals surface area contributed by atoms with Crippen LogP contribution in [0, 0.1) is 0 Å². The molecule has 3 nitrogen and oxygen atoms in total. The average molecular weight is 591 g/mol. The quantitative estimate of drug-likeness (QED) is 0.205. The predicted molar refractivity (Wildman–Crippen MR) is 189 cm³/mol. The summed E-state index contributed by atoms with van der Waals surface area (Å²) in [4.78, 5) is 10.0. The lowest BCUT2D eigenvalue weighted by Crippen LogP contribution is -2.14. The molecule has 2 aromatic heterocycles. The highest BCUT2D eigenvalue weighted by atomic mass is 16.3. The largest absolute Gasteiger partial charge is 0.456 e. The third-order valence-corrected chi connectivity index (χ3v) is 9.49. The molecule has 1 aliphatic carbocycles. The van der Waals surface area contributed by atoms with Gasteiger partial charge in [-0.25, -0.2) is 9.97 Å². The summed E-state index contributed by atoms with van der Waals surface area (Å²) in [5, 5.41) is 2.28. The van der Waals surface area contributed by atoms with Crippen LogP contribution in [0.3, 0.4) is 0 Å². The second-order valence-corrected chi connectivity index (χ2v) is 12.7. The van der Waals surface area contributed by atoms with Crippen LogP contribution in [0.5, 0.6) is 0 Å². The summed E-state index contributed by atoms with van der Waals surface area (Å²) in [5.74, 6) is 0.714. The molecule has 46 heavy (non-hydrogen) atoms. The Balaban J connectivity index is 1.17. The second-order valence-electron chi connectivity index (χ2n) is 12.7. The van der Waals surface area contributed by atoms with Crippen LogP contribution in [0.2, 0.25) is 0 Å². The molecule has 2 heterocycles. The molecular weight excluding hydrogens is 560 g/mol. The zero-order chi connectivity index (χ0) is 30.8. The van der Waals surface area contributed by atoms with Crippen molar-refractivity contribution in [2.45, 2.75) is 19.3 Å². The average Bonchev–Trinajstić information content (AvgIpc) is 3.59. The van der Waals surface area contributed by atoms with Crippen molar-refractivity contribution in [2.24, 2.45) is 0 Å². The number of hydrogen-bond acceptors (Lipinski definition) is 3. The van der Waals surface area contributed by atoms with Gasteiger partial charge in [0.15, 0.2) is 5.82 Å². The first-order chi connectivity index (χ1) is 22.5. The molecule has 0 saturated carbocycles. The summed E-state index contributed by atoms with van der Waals surface area (Å²) in [6.45, 7) is 4.61. The summed E-state index contributed by atoms with van der Waals surface area (Å²) < 4.78 is 6.45. The molecule has 0 saturated heterocycles. The third-order valence-electron chi connectivity index (χ3n) is 9.49. The Kier molecular flexibility index (Phi) is 5.85. The molecule has 218 valence electrons. The van der Waals surface area contributed by atoms with E-state index in [2.05, 4.69) is 123 Å². The highest BCUT2D eigenvalue weighted by Crippen LogP contribution is 2.50. The van der Waals surface area contributed by atoms with Gasteiger partial charge in [-0.3, -0.25) is 0 Å². The summed E-state index contributed by atoms with van der Waals surface area (Å²) in [6, 6.07) is 51.1. The molecule has 0 fully saturated rings. The van der Waals surface area contributed by atoms with Crippen LogP contribution in [-0.4, -0.2) is 9.97 Å². The second kappa shape index (κ2) is 10.1. The molecule has 1 aliphatic rings. The van der Waals surface area contributed by atoms with Gasteiger partial charge in [-0.15, -0.1) is 0 Å². The minimum atomic E-state index is -0.0631. The van der Waals surface area contributed by atoms with Crippen molar-refractivity contribution >= 4 is 21.9 Å². The van der Waals surface area contributed by atoms with E-state index in [9.17, 15) is 0 Å². The van der Waals surface area contributed by atoms with E-state index in [-0.39, 0.29) is 5.41 Å². The molecule has 3 heteroatoms. The van der Waals surface area contributed by atoms with Gasteiger partial charge in [-0.05, 0) is 69.8 Å². The van der Waals surface area contributed by atoms with E-state index < -0.39 is 0 Å². The first-order valence-corrected chi connectivity index (χ1v) is 15.7. The fraction of sp³-hybridized carbons (Fsp3) is 0.0698. The van der Waals surface area contributed by atoms with Gasteiger partial charge in [0.2, 0.25) is 0 Å². The Bertz CT molecular complexity index is 2380. The highest BCUT2D eigenvalue weighted by Gasteiger charge is 2.36. The van der Waals surface area contributed by atoms with Crippen LogP contribution in [0.4, 0.5) is 0 Å². The maximum atomic E-state index is 6.45. The Morgan fingerprint density at radius 2 is 1.07 bits per heavy atom. The van der Waals surface area contributed by atoms with E-state index in [1.165, 1.54) is 22.3 Å². The van der Waals surface area contributed by atoms with Crippen LogP contribution in [0.15, 0.2) is 150 Å². The van der Waals surface area contributed by atoms with Gasteiger partial charge in [0.05, 0.1) is 11.4 Å². The molecule has 0 unspecified atom stereocenters. The topological polar surface area (TPSA) is 38.9 Å². The minimum Gasteiger partial charge on any atom is -0.456 e. The van der Waals surface area contributed by atoms with Crippen LogP contribution in [-0.2, 0) is 5.41 Å². The Morgan fingerprint density at radius 3 is 1.87 bits per heavy atom. The van der Waals surface area contributed by atoms with Gasteiger partial charge in [0, 0.05) is 32.9 Å². The number of furan rings is 1. The van der Waals surface area contributed by atoms with Crippen molar-refractivity contribution in [2.75, 3.05) is 0 Å². The molecular formula is C43H30N2O. The Labute approximate surface area is 267 Å². The zero-order valence-corrected chi connectivity index (χ0v) is 25.7. The first kappa shape index (κ1) is 26.6. The number of aromatic nitrogens is 2. The van der Waals surface area contributed by atoms with Crippen LogP contribution < -0.4 is 0 Å². The van der Waals surface area contributed by atoms with E-state index >= 15 is 0 Å². The van der Waals surface area contributed by atoms with Gasteiger partial charge in [0.25, 0.3) is 0 Å². The number of nitrogens with zero attached hydrogens (tertiary/aromatic N) is 2. The molecule has 0 bridgehead atoms. The Hall–Kier alpha value is -5.80. The van der Waals surface area contributed by atoms with E-state index in [1.54, 1.807) is 0 Å². The molecule has 0 atom stereocenters. The highest BCUT2D eigenvalue weighted by molar-refractivity contribution is 6.09. The van der Waals surface area contributed by atoms with Crippen molar-refractivity contribution in [3.63, 3.8) is 0 Å². The molecule has 8 aromatic rings. The van der Waals surface area contributed by atoms with Gasteiger partial charge in [-0.2, -0.15) is 0 Å². The number of benzene rings is 6. The van der Waals surface area contributed by atoms with Crippen LogP contribution >= 0.6 is 0 Å². The minimum absolute atomic E-state index is 0.0631. The predicted octanol–water partition coefficient (Wildman–Crippen LogP) is 11.4. The lowest BCUT2D eigenvalue weighted by molar-refractivity contribution is 0.647. The summed E-state index contributed by atoms with van der Waals surface area (Å²) in [7, 11) is 0. The lowest BCUT2D eigenvalue weighted by atomic mass is 9.82. The van der Waals surface area contributed by atoms with Crippen LogP contribution in [0.25, 0.3) is 78.1 Å². The molecule has 0 spiro atoms. The van der Waals surface area contributed by atoms with Crippen molar-refractivity contribution in [1.29, 1.82) is 0 Å². The number of hydrogen-bond donors (Lipinski definition) is 0. The summed E-state index contributed by atoms with van der Waals surface area (Å²) in [5.41, 5.74) is 14.2. The van der Waals surface area contributed by atoms with Crippen LogP contribution in [0.1, 0.15) is 25.0 Å². The molecule has 0 amide bonds. The maximum absolute atomic E-state index is 6.45. The third kappa shape index (κ3) is 4.20. The molecule has 0 radical (unpaired) electrons. The van der Waals surface area contributed by atoms with Gasteiger partial charge < -0.3 is 4.42 Å². The van der Waals surface area contributed by atoms with Crippen molar-refractivity contribution < 1.29 is 4.42 Å². The first-order valence-electron chi connectivity index (χ1n) is 15.7. The molecule has 9 rings (SSSR count). The van der Waals surface area contributed by atoms with Gasteiger partial charge in [-0.1, -0.05) is 123 Å². The van der Waals surface area contributed by atoms with E-state index in [0.717, 1.165) is 61.1 Å². The molecule has 6 aromatic carbocycles. The monoisotopic (exact) mass is 590 g/mol. The Morgan fingerprint density at radius 1 is 0.435 bits per heavy atom. The fourth-order valence-electron chi connectivity index (χ4n) is 7.08.